The van der Waals surface area contributed by atoms with Gasteiger partial charge in [0, 0.05) is 6.54 Å². The summed E-state index contributed by atoms with van der Waals surface area (Å²) < 4.78 is 25.4. The van der Waals surface area contributed by atoms with E-state index < -0.39 is 15.4 Å². The molecule has 1 aliphatic rings. The fraction of sp³-hybridized carbons (Fsp3) is 0.700. The summed E-state index contributed by atoms with van der Waals surface area (Å²) in [6.07, 6.45) is 2.72. The molecule has 1 atom stereocenters. The van der Waals surface area contributed by atoms with Gasteiger partial charge in [0.05, 0.1) is 27.9 Å². The Kier molecular flexibility index (Phi) is 3.35. The Bertz CT molecular complexity index is 526. The molecule has 1 N–H and O–H groups in total. The molecule has 1 saturated heterocycles. The van der Waals surface area contributed by atoms with Crippen molar-refractivity contribution < 1.29 is 13.5 Å². The van der Waals surface area contributed by atoms with Gasteiger partial charge in [-0.2, -0.15) is 5.10 Å². The van der Waals surface area contributed by atoms with E-state index in [9.17, 15) is 13.5 Å². The zero-order valence-electron chi connectivity index (χ0n) is 9.56. The molecule has 0 amide bonds. The SMILES string of the molecule is CCCn1ncc(Br)c1C1(O)CCS(=O)(=O)C1. The third-order valence-electron chi connectivity index (χ3n) is 2.96. The van der Waals surface area contributed by atoms with E-state index in [1.54, 1.807) is 10.9 Å². The molecule has 0 saturated carbocycles. The summed E-state index contributed by atoms with van der Waals surface area (Å²) in [5.41, 5.74) is -0.719. The van der Waals surface area contributed by atoms with Crippen LogP contribution in [0.25, 0.3) is 0 Å². The first-order valence-corrected chi connectivity index (χ1v) is 8.14. The molecular formula is C10H15BrN2O3S. The Morgan fingerprint density at radius 1 is 1.65 bits per heavy atom. The highest BCUT2D eigenvalue weighted by Gasteiger charge is 2.45. The van der Waals surface area contributed by atoms with E-state index >= 15 is 0 Å². The molecule has 1 aromatic heterocycles. The molecule has 17 heavy (non-hydrogen) atoms. The van der Waals surface area contributed by atoms with Crippen LogP contribution in [0.15, 0.2) is 10.7 Å². The Morgan fingerprint density at radius 2 is 2.35 bits per heavy atom. The number of aliphatic hydroxyl groups is 1. The molecule has 1 fully saturated rings. The lowest BCUT2D eigenvalue weighted by atomic mass is 9.99. The van der Waals surface area contributed by atoms with Gasteiger partial charge in [0.15, 0.2) is 9.84 Å². The van der Waals surface area contributed by atoms with Crippen molar-refractivity contribution in [2.24, 2.45) is 0 Å². The van der Waals surface area contributed by atoms with Crippen LogP contribution in [-0.4, -0.2) is 34.8 Å². The zero-order chi connectivity index (χ0) is 12.7. The Morgan fingerprint density at radius 3 is 2.88 bits per heavy atom. The highest BCUT2D eigenvalue weighted by molar-refractivity contribution is 9.10. The van der Waals surface area contributed by atoms with Crippen LogP contribution in [-0.2, 0) is 22.0 Å². The molecule has 0 radical (unpaired) electrons. The van der Waals surface area contributed by atoms with Crippen molar-refractivity contribution in [3.8, 4) is 0 Å². The molecule has 96 valence electrons. The van der Waals surface area contributed by atoms with E-state index in [0.29, 0.717) is 16.7 Å². The van der Waals surface area contributed by atoms with E-state index in [1.165, 1.54) is 0 Å². The lowest BCUT2D eigenvalue weighted by molar-refractivity contribution is 0.0545. The van der Waals surface area contributed by atoms with E-state index in [0.717, 1.165) is 6.42 Å². The van der Waals surface area contributed by atoms with Gasteiger partial charge in [0.1, 0.15) is 5.60 Å². The smallest absolute Gasteiger partial charge is 0.153 e. The minimum absolute atomic E-state index is 0.0350. The molecule has 1 aliphatic heterocycles. The predicted molar refractivity (Wildman–Crippen MR) is 67.4 cm³/mol. The minimum atomic E-state index is -3.14. The largest absolute Gasteiger partial charge is 0.382 e. The lowest BCUT2D eigenvalue weighted by Crippen LogP contribution is -2.31. The van der Waals surface area contributed by atoms with Gasteiger partial charge in [-0.15, -0.1) is 0 Å². The monoisotopic (exact) mass is 322 g/mol. The number of hydrogen-bond acceptors (Lipinski definition) is 4. The highest BCUT2D eigenvalue weighted by atomic mass is 79.9. The standard InChI is InChI=1S/C10H15BrN2O3S/c1-2-4-13-9(8(11)6-12-13)10(14)3-5-17(15,16)7-10/h6,14H,2-5,7H2,1H3. The number of aromatic nitrogens is 2. The van der Waals surface area contributed by atoms with E-state index in [2.05, 4.69) is 21.0 Å². The average molecular weight is 323 g/mol. The van der Waals surface area contributed by atoms with Crippen LogP contribution in [0.5, 0.6) is 0 Å². The Hall–Kier alpha value is -0.400. The molecule has 1 aromatic rings. The minimum Gasteiger partial charge on any atom is -0.382 e. The fourth-order valence-corrected chi connectivity index (χ4v) is 4.69. The van der Waals surface area contributed by atoms with Crippen molar-refractivity contribution in [2.45, 2.75) is 31.9 Å². The first-order valence-electron chi connectivity index (χ1n) is 5.52. The number of nitrogens with zero attached hydrogens (tertiary/aromatic N) is 2. The molecule has 0 aromatic carbocycles. The van der Waals surface area contributed by atoms with Crippen LogP contribution >= 0.6 is 15.9 Å². The van der Waals surface area contributed by atoms with Crippen molar-refractivity contribution in [3.63, 3.8) is 0 Å². The maximum absolute atomic E-state index is 11.5. The third-order valence-corrected chi connectivity index (χ3v) is 5.28. The van der Waals surface area contributed by atoms with Crippen molar-refractivity contribution >= 4 is 25.8 Å². The number of hydrogen-bond donors (Lipinski definition) is 1. The molecule has 2 heterocycles. The molecule has 0 bridgehead atoms. The van der Waals surface area contributed by atoms with E-state index in [1.807, 2.05) is 6.92 Å². The van der Waals surface area contributed by atoms with Crippen LogP contribution in [0, 0.1) is 0 Å². The number of rotatable bonds is 3. The Labute approximate surface area is 109 Å². The first-order chi connectivity index (χ1) is 7.88. The van der Waals surface area contributed by atoms with Gasteiger partial charge in [-0.3, -0.25) is 4.68 Å². The van der Waals surface area contributed by atoms with Gasteiger partial charge in [-0.1, -0.05) is 6.92 Å². The van der Waals surface area contributed by atoms with Crippen molar-refractivity contribution in [3.05, 3.63) is 16.4 Å². The molecule has 0 aliphatic carbocycles. The molecule has 0 spiro atoms. The third kappa shape index (κ3) is 2.41. The molecular weight excluding hydrogens is 308 g/mol. The van der Waals surface area contributed by atoms with Crippen molar-refractivity contribution in [1.29, 1.82) is 0 Å². The van der Waals surface area contributed by atoms with Crippen LogP contribution in [0.3, 0.4) is 0 Å². The summed E-state index contributed by atoms with van der Waals surface area (Å²) in [7, 11) is -3.14. The topological polar surface area (TPSA) is 72.2 Å². The van der Waals surface area contributed by atoms with Crippen LogP contribution < -0.4 is 0 Å². The summed E-state index contributed by atoms with van der Waals surface area (Å²) in [5, 5.41) is 14.7. The van der Waals surface area contributed by atoms with E-state index in [4.69, 9.17) is 0 Å². The van der Waals surface area contributed by atoms with Crippen molar-refractivity contribution in [2.75, 3.05) is 11.5 Å². The van der Waals surface area contributed by atoms with E-state index in [-0.39, 0.29) is 17.9 Å². The van der Waals surface area contributed by atoms with Crippen LogP contribution in [0.1, 0.15) is 25.5 Å². The Balaban J connectivity index is 2.43. The van der Waals surface area contributed by atoms with Gasteiger partial charge < -0.3 is 5.11 Å². The predicted octanol–water partition coefficient (Wildman–Crippen LogP) is 1.06. The fourth-order valence-electron chi connectivity index (χ4n) is 2.23. The summed E-state index contributed by atoms with van der Waals surface area (Å²) in [5.74, 6) is -0.179. The summed E-state index contributed by atoms with van der Waals surface area (Å²) in [6, 6.07) is 0. The van der Waals surface area contributed by atoms with Gasteiger partial charge >= 0.3 is 0 Å². The maximum atomic E-state index is 11.5. The molecule has 2 rings (SSSR count). The normalized spacial score (nSPS) is 27.5. The maximum Gasteiger partial charge on any atom is 0.153 e. The average Bonchev–Trinajstić information content (AvgIpc) is 2.70. The highest BCUT2D eigenvalue weighted by Crippen LogP contribution is 2.37. The summed E-state index contributed by atoms with van der Waals surface area (Å²) in [6.45, 7) is 2.68. The number of halogens is 1. The van der Waals surface area contributed by atoms with Gasteiger partial charge in [-0.05, 0) is 28.8 Å². The van der Waals surface area contributed by atoms with Gasteiger partial charge in [0.25, 0.3) is 0 Å². The number of sulfone groups is 1. The molecule has 5 nitrogen and oxygen atoms in total. The van der Waals surface area contributed by atoms with Gasteiger partial charge in [0.2, 0.25) is 0 Å². The zero-order valence-corrected chi connectivity index (χ0v) is 12.0. The molecule has 7 heteroatoms. The first kappa shape index (κ1) is 13.0. The van der Waals surface area contributed by atoms with Crippen LogP contribution in [0.4, 0.5) is 0 Å². The lowest BCUT2D eigenvalue weighted by Gasteiger charge is -2.22. The molecule has 1 unspecified atom stereocenters. The second-order valence-corrected chi connectivity index (χ2v) is 7.48. The number of aryl methyl sites for hydroxylation is 1. The summed E-state index contributed by atoms with van der Waals surface area (Å²) in [4.78, 5) is 0. The second-order valence-electron chi connectivity index (χ2n) is 4.44. The summed E-state index contributed by atoms with van der Waals surface area (Å²) >= 11 is 3.33. The quantitative estimate of drug-likeness (QED) is 0.903. The van der Waals surface area contributed by atoms with Crippen LogP contribution in [0.2, 0.25) is 0 Å². The van der Waals surface area contributed by atoms with Crippen molar-refractivity contribution in [1.82, 2.24) is 9.78 Å². The van der Waals surface area contributed by atoms with Gasteiger partial charge in [-0.25, -0.2) is 8.42 Å². The second kappa shape index (κ2) is 4.37.